The van der Waals surface area contributed by atoms with Crippen molar-refractivity contribution in [2.45, 2.75) is 22.7 Å². The normalized spacial score (nSPS) is 17.1. The van der Waals surface area contributed by atoms with E-state index < -0.39 is 0 Å². The highest BCUT2D eigenvalue weighted by Crippen LogP contribution is 2.46. The third-order valence-corrected chi connectivity index (χ3v) is 4.71. The van der Waals surface area contributed by atoms with Crippen LogP contribution in [0.5, 0.6) is 0 Å². The fourth-order valence-corrected chi connectivity index (χ4v) is 2.58. The molecular weight excluding hydrogens is 240 g/mol. The molecule has 1 saturated carbocycles. The predicted octanol–water partition coefficient (Wildman–Crippen LogP) is 2.09. The molecule has 1 aliphatic rings. The summed E-state index contributed by atoms with van der Waals surface area (Å²) in [6.07, 6.45) is 6.69. The van der Waals surface area contributed by atoms with Crippen LogP contribution in [0.2, 0.25) is 0 Å². The molecule has 88 valence electrons. The van der Waals surface area contributed by atoms with Gasteiger partial charge in [-0.25, -0.2) is 9.97 Å². The molecule has 3 N–H and O–H groups in total. The molecule has 0 spiro atoms. The van der Waals surface area contributed by atoms with Crippen molar-refractivity contribution in [3.05, 3.63) is 6.07 Å². The van der Waals surface area contributed by atoms with Crippen molar-refractivity contribution in [1.82, 2.24) is 9.97 Å². The van der Waals surface area contributed by atoms with Gasteiger partial charge in [-0.2, -0.15) is 11.8 Å². The van der Waals surface area contributed by atoms with Gasteiger partial charge in [0.2, 0.25) is 0 Å². The lowest BCUT2D eigenvalue weighted by atomic mass is 10.4. The Labute approximate surface area is 104 Å². The Hall–Kier alpha value is -0.620. The highest BCUT2D eigenvalue weighted by Gasteiger charge is 2.41. The zero-order valence-electron chi connectivity index (χ0n) is 9.49. The van der Waals surface area contributed by atoms with E-state index >= 15 is 0 Å². The van der Waals surface area contributed by atoms with Crippen LogP contribution in [0, 0.1) is 0 Å². The minimum atomic E-state index is 0.430. The summed E-state index contributed by atoms with van der Waals surface area (Å²) in [6, 6.07) is 1.79. The van der Waals surface area contributed by atoms with Crippen LogP contribution in [0.15, 0.2) is 11.2 Å². The molecule has 1 aromatic rings. The first-order valence-electron chi connectivity index (χ1n) is 5.15. The monoisotopic (exact) mass is 256 g/mol. The molecule has 0 bridgehead atoms. The molecule has 6 heteroatoms. The van der Waals surface area contributed by atoms with Gasteiger partial charge in [-0.3, -0.25) is 0 Å². The first-order valence-corrected chi connectivity index (χ1v) is 7.60. The van der Waals surface area contributed by atoms with E-state index in [1.165, 1.54) is 24.6 Å². The number of nitrogens with one attached hydrogen (secondary N) is 1. The third-order valence-electron chi connectivity index (χ3n) is 2.74. The average Bonchev–Trinajstić information content (AvgIpc) is 3.06. The van der Waals surface area contributed by atoms with Gasteiger partial charge in [0.05, 0.1) is 0 Å². The first kappa shape index (κ1) is 11.9. The number of hydrogen-bond acceptors (Lipinski definition) is 6. The molecule has 0 saturated heterocycles. The van der Waals surface area contributed by atoms with E-state index in [0.717, 1.165) is 17.5 Å². The number of nitrogens with two attached hydrogens (primary N) is 1. The van der Waals surface area contributed by atoms with Crippen molar-refractivity contribution >= 4 is 35.2 Å². The minimum Gasteiger partial charge on any atom is -0.383 e. The molecule has 1 heterocycles. The summed E-state index contributed by atoms with van der Waals surface area (Å²) in [5, 5.41) is 4.07. The van der Waals surface area contributed by atoms with Gasteiger partial charge in [0.1, 0.15) is 11.6 Å². The van der Waals surface area contributed by atoms with Crippen molar-refractivity contribution in [3.8, 4) is 0 Å². The molecular formula is C10H16N4S2. The molecule has 0 atom stereocenters. The van der Waals surface area contributed by atoms with Crippen molar-refractivity contribution in [2.24, 2.45) is 0 Å². The second kappa shape index (κ2) is 4.71. The van der Waals surface area contributed by atoms with Crippen LogP contribution in [0.1, 0.15) is 12.8 Å². The number of anilines is 2. The SMILES string of the molecule is CSc1nc(N)cc(NCC2(SC)CC2)n1. The van der Waals surface area contributed by atoms with Crippen molar-refractivity contribution in [1.29, 1.82) is 0 Å². The minimum absolute atomic E-state index is 0.430. The summed E-state index contributed by atoms with van der Waals surface area (Å²) >= 11 is 3.43. The number of nitrogens with zero attached hydrogens (tertiary/aromatic N) is 2. The van der Waals surface area contributed by atoms with E-state index in [4.69, 9.17) is 5.73 Å². The largest absolute Gasteiger partial charge is 0.383 e. The van der Waals surface area contributed by atoms with Gasteiger partial charge in [-0.05, 0) is 25.4 Å². The van der Waals surface area contributed by atoms with Gasteiger partial charge in [0, 0.05) is 17.4 Å². The molecule has 0 amide bonds. The fourth-order valence-electron chi connectivity index (χ4n) is 1.47. The summed E-state index contributed by atoms with van der Waals surface area (Å²) in [4.78, 5) is 8.49. The van der Waals surface area contributed by atoms with E-state index in [1.54, 1.807) is 6.07 Å². The van der Waals surface area contributed by atoms with Gasteiger partial charge in [0.15, 0.2) is 5.16 Å². The smallest absolute Gasteiger partial charge is 0.191 e. The van der Waals surface area contributed by atoms with Gasteiger partial charge < -0.3 is 11.1 Å². The summed E-state index contributed by atoms with van der Waals surface area (Å²) in [7, 11) is 0. The van der Waals surface area contributed by atoms with Gasteiger partial charge in [-0.1, -0.05) is 11.8 Å². The molecule has 2 rings (SSSR count). The van der Waals surface area contributed by atoms with E-state index in [2.05, 4.69) is 21.5 Å². The molecule has 4 nitrogen and oxygen atoms in total. The Bertz CT molecular complexity index is 379. The lowest BCUT2D eigenvalue weighted by Gasteiger charge is -2.13. The van der Waals surface area contributed by atoms with Crippen LogP contribution >= 0.6 is 23.5 Å². The Morgan fingerprint density at radius 2 is 2.19 bits per heavy atom. The number of rotatable bonds is 5. The Balaban J connectivity index is 2.01. The van der Waals surface area contributed by atoms with E-state index in [0.29, 0.717) is 10.6 Å². The maximum absolute atomic E-state index is 5.71. The Morgan fingerprint density at radius 1 is 1.44 bits per heavy atom. The maximum atomic E-state index is 5.71. The van der Waals surface area contributed by atoms with Gasteiger partial charge >= 0.3 is 0 Å². The zero-order chi connectivity index (χ0) is 11.6. The van der Waals surface area contributed by atoms with Crippen molar-refractivity contribution in [3.63, 3.8) is 0 Å². The number of aromatic nitrogens is 2. The van der Waals surface area contributed by atoms with Crippen LogP contribution in [-0.2, 0) is 0 Å². The van der Waals surface area contributed by atoms with Crippen LogP contribution in [-0.4, -0.2) is 33.8 Å². The topological polar surface area (TPSA) is 63.8 Å². The van der Waals surface area contributed by atoms with Gasteiger partial charge in [0.25, 0.3) is 0 Å². The van der Waals surface area contributed by atoms with Crippen molar-refractivity contribution < 1.29 is 0 Å². The lowest BCUT2D eigenvalue weighted by molar-refractivity contribution is 0.914. The van der Waals surface area contributed by atoms with Crippen LogP contribution < -0.4 is 11.1 Å². The Morgan fingerprint density at radius 3 is 2.75 bits per heavy atom. The summed E-state index contributed by atoms with van der Waals surface area (Å²) in [5.41, 5.74) is 5.71. The molecule has 0 aromatic carbocycles. The average molecular weight is 256 g/mol. The molecule has 1 fully saturated rings. The quantitative estimate of drug-likeness (QED) is 0.621. The summed E-state index contributed by atoms with van der Waals surface area (Å²) in [5.74, 6) is 1.35. The fraction of sp³-hybridized carbons (Fsp3) is 0.600. The predicted molar refractivity (Wildman–Crippen MR) is 72.2 cm³/mol. The molecule has 1 aromatic heterocycles. The van der Waals surface area contributed by atoms with E-state index in [1.807, 2.05) is 18.0 Å². The maximum Gasteiger partial charge on any atom is 0.191 e. The number of thioether (sulfide) groups is 2. The van der Waals surface area contributed by atoms with Gasteiger partial charge in [-0.15, -0.1) is 0 Å². The zero-order valence-corrected chi connectivity index (χ0v) is 11.1. The molecule has 1 aliphatic carbocycles. The highest BCUT2D eigenvalue weighted by atomic mass is 32.2. The van der Waals surface area contributed by atoms with Crippen LogP contribution in [0.3, 0.4) is 0 Å². The first-order chi connectivity index (χ1) is 7.67. The van der Waals surface area contributed by atoms with Crippen LogP contribution in [0.25, 0.3) is 0 Å². The second-order valence-electron chi connectivity index (χ2n) is 3.91. The van der Waals surface area contributed by atoms with E-state index in [-0.39, 0.29) is 0 Å². The molecule has 0 unspecified atom stereocenters. The summed E-state index contributed by atoms with van der Waals surface area (Å²) < 4.78 is 0.430. The van der Waals surface area contributed by atoms with Crippen molar-refractivity contribution in [2.75, 3.05) is 30.1 Å². The molecule has 0 aliphatic heterocycles. The third kappa shape index (κ3) is 2.74. The number of hydrogen-bond donors (Lipinski definition) is 2. The lowest BCUT2D eigenvalue weighted by Crippen LogP contribution is -2.18. The summed E-state index contributed by atoms with van der Waals surface area (Å²) in [6.45, 7) is 0.957. The standard InChI is InChI=1S/C10H16N4S2/c1-15-9-13-7(11)5-8(14-9)12-6-10(16-2)3-4-10/h5H,3-4,6H2,1-2H3,(H3,11,12,13,14). The number of nitrogen functional groups attached to an aromatic ring is 1. The highest BCUT2D eigenvalue weighted by molar-refractivity contribution is 8.00. The van der Waals surface area contributed by atoms with E-state index in [9.17, 15) is 0 Å². The molecule has 0 radical (unpaired) electrons. The second-order valence-corrected chi connectivity index (χ2v) is 5.95. The van der Waals surface area contributed by atoms with Crippen LogP contribution in [0.4, 0.5) is 11.6 Å². The molecule has 16 heavy (non-hydrogen) atoms. The Kier molecular flexibility index (Phi) is 3.49.